The molecule has 0 amide bonds. The Morgan fingerprint density at radius 3 is 2.60 bits per heavy atom. The maximum atomic E-state index is 6.05. The van der Waals surface area contributed by atoms with Crippen LogP contribution >= 0.6 is 11.6 Å². The first-order chi connectivity index (χ1) is 12.3. The molecule has 3 nitrogen and oxygen atoms in total. The monoisotopic (exact) mass is 349 g/mol. The summed E-state index contributed by atoms with van der Waals surface area (Å²) < 4.78 is 4.51. The lowest BCUT2D eigenvalue weighted by atomic mass is 9.97. The van der Waals surface area contributed by atoms with Crippen LogP contribution in [-0.4, -0.2) is 14.1 Å². The molecule has 0 aliphatic rings. The number of fused-ring (bicyclic) bond motifs is 1. The number of aryl methyl sites for hydroxylation is 1. The average molecular weight is 350 g/mol. The largest absolute Gasteiger partial charge is 0.347 e. The highest BCUT2D eigenvalue weighted by Gasteiger charge is 2.18. The van der Waals surface area contributed by atoms with Gasteiger partial charge in [-0.2, -0.15) is 0 Å². The third-order valence-corrected chi connectivity index (χ3v) is 5.00. The predicted molar refractivity (Wildman–Crippen MR) is 103 cm³/mol. The number of hydrogen-bond acceptors (Lipinski definition) is 1. The number of halogens is 1. The molecule has 126 valence electrons. The first kappa shape index (κ1) is 16.0. The van der Waals surface area contributed by atoms with E-state index in [9.17, 15) is 0 Å². The van der Waals surface area contributed by atoms with E-state index in [4.69, 9.17) is 11.6 Å². The molecule has 1 atom stereocenters. The van der Waals surface area contributed by atoms with E-state index in [0.717, 1.165) is 18.0 Å². The van der Waals surface area contributed by atoms with E-state index in [1.165, 1.54) is 22.0 Å². The van der Waals surface area contributed by atoms with E-state index in [0.29, 0.717) is 0 Å². The highest BCUT2D eigenvalue weighted by molar-refractivity contribution is 6.30. The maximum absolute atomic E-state index is 6.05. The van der Waals surface area contributed by atoms with Gasteiger partial charge in [0, 0.05) is 30.2 Å². The molecule has 2 heterocycles. The van der Waals surface area contributed by atoms with Gasteiger partial charge < -0.3 is 9.13 Å². The van der Waals surface area contributed by atoms with Gasteiger partial charge in [-0.1, -0.05) is 41.9 Å². The molecule has 2 aromatic carbocycles. The second-order valence-electron chi connectivity index (χ2n) is 6.24. The SMILES string of the molecule is CCn1ccc2cccc(C(Cc3ccc(Cl)cc3)n3ccnc3)c21. The molecule has 0 fully saturated rings. The minimum atomic E-state index is 0.188. The van der Waals surface area contributed by atoms with E-state index < -0.39 is 0 Å². The van der Waals surface area contributed by atoms with E-state index >= 15 is 0 Å². The van der Waals surface area contributed by atoms with Gasteiger partial charge in [-0.15, -0.1) is 0 Å². The Balaban J connectivity index is 1.84. The van der Waals surface area contributed by atoms with Crippen LogP contribution in [0, 0.1) is 0 Å². The van der Waals surface area contributed by atoms with Crippen molar-refractivity contribution in [1.82, 2.24) is 14.1 Å². The van der Waals surface area contributed by atoms with Gasteiger partial charge in [0.1, 0.15) is 0 Å². The van der Waals surface area contributed by atoms with Crippen LogP contribution in [0.5, 0.6) is 0 Å². The summed E-state index contributed by atoms with van der Waals surface area (Å²) in [5.74, 6) is 0. The predicted octanol–water partition coefficient (Wildman–Crippen LogP) is 5.34. The van der Waals surface area contributed by atoms with Gasteiger partial charge in [-0.05, 0) is 48.1 Å². The molecule has 2 aromatic heterocycles. The van der Waals surface area contributed by atoms with Crippen molar-refractivity contribution in [2.45, 2.75) is 25.9 Å². The molecular formula is C21H20ClN3. The molecule has 1 unspecified atom stereocenters. The molecule has 0 N–H and O–H groups in total. The van der Waals surface area contributed by atoms with Crippen LogP contribution in [0.25, 0.3) is 10.9 Å². The summed E-state index contributed by atoms with van der Waals surface area (Å²) in [5.41, 5.74) is 3.88. The molecule has 0 bridgehead atoms. The van der Waals surface area contributed by atoms with E-state index in [-0.39, 0.29) is 6.04 Å². The van der Waals surface area contributed by atoms with Crippen LogP contribution in [0.2, 0.25) is 5.02 Å². The Kier molecular flexibility index (Phi) is 4.33. The van der Waals surface area contributed by atoms with Crippen LogP contribution in [-0.2, 0) is 13.0 Å². The number of imidazole rings is 1. The van der Waals surface area contributed by atoms with Gasteiger partial charge >= 0.3 is 0 Å². The zero-order valence-electron chi connectivity index (χ0n) is 14.1. The van der Waals surface area contributed by atoms with Gasteiger partial charge in [-0.25, -0.2) is 4.98 Å². The third kappa shape index (κ3) is 3.08. The summed E-state index contributed by atoms with van der Waals surface area (Å²) in [6, 6.07) is 17.0. The van der Waals surface area contributed by atoms with Gasteiger partial charge in [0.25, 0.3) is 0 Å². The highest BCUT2D eigenvalue weighted by Crippen LogP contribution is 2.30. The molecule has 0 spiro atoms. The summed E-state index contributed by atoms with van der Waals surface area (Å²) in [6.45, 7) is 3.14. The summed E-state index contributed by atoms with van der Waals surface area (Å²) in [6.07, 6.45) is 8.84. The third-order valence-electron chi connectivity index (χ3n) is 4.75. The number of aromatic nitrogens is 3. The Bertz CT molecular complexity index is 968. The van der Waals surface area contributed by atoms with Crippen LogP contribution in [0.4, 0.5) is 0 Å². The zero-order valence-corrected chi connectivity index (χ0v) is 14.9. The number of hydrogen-bond donors (Lipinski definition) is 0. The summed E-state index contributed by atoms with van der Waals surface area (Å²) in [5, 5.41) is 2.05. The first-order valence-electron chi connectivity index (χ1n) is 8.56. The summed E-state index contributed by atoms with van der Waals surface area (Å²) >= 11 is 6.05. The van der Waals surface area contributed by atoms with Crippen LogP contribution in [0.1, 0.15) is 24.1 Å². The van der Waals surface area contributed by atoms with Gasteiger partial charge in [0.05, 0.1) is 17.9 Å². The fraction of sp³-hybridized carbons (Fsp3) is 0.190. The van der Waals surface area contributed by atoms with Crippen molar-refractivity contribution >= 4 is 22.5 Å². The van der Waals surface area contributed by atoms with Crippen LogP contribution in [0.3, 0.4) is 0 Å². The van der Waals surface area contributed by atoms with Crippen LogP contribution in [0.15, 0.2) is 73.4 Å². The number of benzene rings is 2. The van der Waals surface area contributed by atoms with Crippen molar-refractivity contribution in [3.05, 3.63) is 89.6 Å². The molecule has 0 radical (unpaired) electrons. The standard InChI is InChI=1S/C21H20ClN3/c1-2-24-12-10-17-4-3-5-19(21(17)24)20(25-13-11-23-15-25)14-16-6-8-18(22)9-7-16/h3-13,15,20H,2,14H2,1H3. The molecule has 4 aromatic rings. The van der Waals surface area contributed by atoms with Crippen molar-refractivity contribution in [3.8, 4) is 0 Å². The molecule has 25 heavy (non-hydrogen) atoms. The molecule has 0 saturated heterocycles. The molecule has 4 heteroatoms. The smallest absolute Gasteiger partial charge is 0.0951 e. The molecule has 0 aliphatic carbocycles. The van der Waals surface area contributed by atoms with Crippen molar-refractivity contribution in [2.75, 3.05) is 0 Å². The number of rotatable bonds is 5. The Morgan fingerprint density at radius 1 is 1.04 bits per heavy atom. The molecule has 0 aliphatic heterocycles. The van der Waals surface area contributed by atoms with Crippen LogP contribution < -0.4 is 0 Å². The minimum Gasteiger partial charge on any atom is -0.347 e. The first-order valence-corrected chi connectivity index (χ1v) is 8.93. The lowest BCUT2D eigenvalue weighted by Crippen LogP contribution is -2.13. The fourth-order valence-electron chi connectivity index (χ4n) is 3.50. The lowest BCUT2D eigenvalue weighted by Gasteiger charge is -2.21. The van der Waals surface area contributed by atoms with Gasteiger partial charge in [0.2, 0.25) is 0 Å². The normalized spacial score (nSPS) is 12.6. The second kappa shape index (κ2) is 6.77. The molecule has 4 rings (SSSR count). The number of para-hydroxylation sites is 1. The van der Waals surface area contributed by atoms with Crippen molar-refractivity contribution in [1.29, 1.82) is 0 Å². The fourth-order valence-corrected chi connectivity index (χ4v) is 3.62. The molecular weight excluding hydrogens is 330 g/mol. The maximum Gasteiger partial charge on any atom is 0.0951 e. The Labute approximate surface area is 152 Å². The summed E-state index contributed by atoms with van der Waals surface area (Å²) in [4.78, 5) is 4.27. The zero-order chi connectivity index (χ0) is 17.2. The van der Waals surface area contributed by atoms with E-state index in [1.807, 2.05) is 30.9 Å². The van der Waals surface area contributed by atoms with Gasteiger partial charge in [0.15, 0.2) is 0 Å². The lowest BCUT2D eigenvalue weighted by molar-refractivity contribution is 0.581. The number of nitrogens with zero attached hydrogens (tertiary/aromatic N) is 3. The van der Waals surface area contributed by atoms with Crippen molar-refractivity contribution < 1.29 is 0 Å². The second-order valence-corrected chi connectivity index (χ2v) is 6.68. The Morgan fingerprint density at radius 2 is 1.88 bits per heavy atom. The summed E-state index contributed by atoms with van der Waals surface area (Å²) in [7, 11) is 0. The average Bonchev–Trinajstić information content (AvgIpc) is 3.30. The van der Waals surface area contributed by atoms with Crippen molar-refractivity contribution in [3.63, 3.8) is 0 Å². The Hall–Kier alpha value is -2.52. The van der Waals surface area contributed by atoms with E-state index in [1.54, 1.807) is 0 Å². The topological polar surface area (TPSA) is 22.8 Å². The van der Waals surface area contributed by atoms with E-state index in [2.05, 4.69) is 63.6 Å². The highest BCUT2D eigenvalue weighted by atomic mass is 35.5. The van der Waals surface area contributed by atoms with Crippen molar-refractivity contribution in [2.24, 2.45) is 0 Å². The quantitative estimate of drug-likeness (QED) is 0.476. The van der Waals surface area contributed by atoms with Gasteiger partial charge in [-0.3, -0.25) is 0 Å². The minimum absolute atomic E-state index is 0.188. The molecule has 0 saturated carbocycles.